The number of amides is 2. The maximum Gasteiger partial charge on any atom is 0.407 e. The molecule has 4 aromatic rings. The molecule has 1 aliphatic rings. The molecule has 2 amide bonds. The van der Waals surface area contributed by atoms with E-state index in [0.717, 1.165) is 47.0 Å². The van der Waals surface area contributed by atoms with Gasteiger partial charge in [-0.15, -0.1) is 11.8 Å². The molecule has 5 rings (SSSR count). The van der Waals surface area contributed by atoms with Gasteiger partial charge in [0.1, 0.15) is 11.1 Å². The summed E-state index contributed by atoms with van der Waals surface area (Å²) in [6.07, 6.45) is 2.57. The van der Waals surface area contributed by atoms with E-state index in [9.17, 15) is 9.59 Å². The first-order chi connectivity index (χ1) is 22.0. The molecule has 45 heavy (non-hydrogen) atoms. The summed E-state index contributed by atoms with van der Waals surface area (Å²) in [5.74, 6) is -0.0478. The maximum atomic E-state index is 14.0. The van der Waals surface area contributed by atoms with Crippen molar-refractivity contribution in [2.24, 2.45) is 0 Å². The Kier molecular flexibility index (Phi) is 11.9. The van der Waals surface area contributed by atoms with E-state index in [1.165, 1.54) is 7.11 Å². The van der Waals surface area contributed by atoms with Crippen LogP contribution in [0, 0.1) is 0 Å². The van der Waals surface area contributed by atoms with Crippen molar-refractivity contribution in [2.45, 2.75) is 42.0 Å². The summed E-state index contributed by atoms with van der Waals surface area (Å²) in [6.45, 7) is 1.51. The second-order valence-electron chi connectivity index (χ2n) is 10.7. The summed E-state index contributed by atoms with van der Waals surface area (Å²) in [6, 6.07) is 29.8. The minimum Gasteiger partial charge on any atom is -0.453 e. The number of thioether (sulfide) groups is 1. The van der Waals surface area contributed by atoms with Gasteiger partial charge in [-0.05, 0) is 47.7 Å². The van der Waals surface area contributed by atoms with E-state index in [0.29, 0.717) is 17.1 Å². The minimum absolute atomic E-state index is 0.0154. The number of pyridine rings is 1. The molecule has 1 aromatic heterocycles. The maximum absolute atomic E-state index is 14.0. The third-order valence-electron chi connectivity index (χ3n) is 7.66. The van der Waals surface area contributed by atoms with Crippen LogP contribution in [0.1, 0.15) is 29.0 Å². The summed E-state index contributed by atoms with van der Waals surface area (Å²) >= 11 is 7.87. The topological polar surface area (TPSA) is 102 Å². The van der Waals surface area contributed by atoms with Crippen LogP contribution in [0.2, 0.25) is 5.02 Å². The normalized spacial score (nSPS) is 17.0. The summed E-state index contributed by atoms with van der Waals surface area (Å²) in [4.78, 5) is 30.9. The minimum atomic E-state index is -0.938. The summed E-state index contributed by atoms with van der Waals surface area (Å²) in [5, 5.41) is 10.8. The molecular formula is C35H37ClN4O4S. The number of para-hydroxylation sites is 1. The number of nitrogens with zero attached hydrogens (tertiary/aromatic N) is 1. The van der Waals surface area contributed by atoms with Crippen molar-refractivity contribution in [3.05, 3.63) is 125 Å². The zero-order chi connectivity index (χ0) is 31.4. The second kappa shape index (κ2) is 16.4. The SMILES string of the molecule is COC(=O)N[C@H](C(=O)Nc1ccccc1CC[C@@H]1CNC[C@@H](CSc2ncccc2Cl)O1)C(c1ccccc1)c1ccccc1. The number of rotatable bonds is 12. The standard InChI is InChI=1S/C35H37ClN4O4S/c1-43-35(42)40-32(31(25-12-4-2-5-13-25)26-14-6-3-7-15-26)33(41)39-30-17-9-8-11-24(30)18-19-27-21-37-22-28(44-27)23-45-34-29(36)16-10-20-38-34/h2-17,20,27-28,31-32,37H,18-19,21-23H2,1H3,(H,39,41)(H,40,42)/t27-,28+,32+/m1/s1. The molecular weight excluding hydrogens is 608 g/mol. The van der Waals surface area contributed by atoms with Gasteiger partial charge in [0.2, 0.25) is 5.91 Å². The van der Waals surface area contributed by atoms with E-state index in [1.807, 2.05) is 97.1 Å². The Hall–Kier alpha value is -3.89. The first-order valence-electron chi connectivity index (χ1n) is 14.9. The number of ether oxygens (including phenoxy) is 2. The van der Waals surface area contributed by atoms with Crippen molar-refractivity contribution in [3.63, 3.8) is 0 Å². The predicted octanol–water partition coefficient (Wildman–Crippen LogP) is 6.31. The first-order valence-corrected chi connectivity index (χ1v) is 16.3. The highest BCUT2D eigenvalue weighted by molar-refractivity contribution is 7.99. The zero-order valence-electron chi connectivity index (χ0n) is 25.0. The molecule has 3 aromatic carbocycles. The lowest BCUT2D eigenvalue weighted by Crippen LogP contribution is -2.48. The molecule has 234 valence electrons. The number of aromatic nitrogens is 1. The number of alkyl carbamates (subject to hydrolysis) is 1. The third kappa shape index (κ3) is 9.08. The first kappa shape index (κ1) is 32.5. The molecule has 3 N–H and O–H groups in total. The molecule has 0 radical (unpaired) electrons. The van der Waals surface area contributed by atoms with E-state index in [2.05, 4.69) is 20.9 Å². The van der Waals surface area contributed by atoms with E-state index in [1.54, 1.807) is 18.0 Å². The van der Waals surface area contributed by atoms with Crippen LogP contribution in [0.3, 0.4) is 0 Å². The molecule has 0 bridgehead atoms. The quantitative estimate of drug-likeness (QED) is 0.155. The number of nitrogens with one attached hydrogen (secondary N) is 3. The Morgan fingerprint density at radius 3 is 2.31 bits per heavy atom. The molecule has 1 fully saturated rings. The van der Waals surface area contributed by atoms with Gasteiger partial charge in [0, 0.05) is 36.6 Å². The van der Waals surface area contributed by atoms with E-state index in [-0.39, 0.29) is 18.1 Å². The number of benzene rings is 3. The highest BCUT2D eigenvalue weighted by Gasteiger charge is 2.33. The van der Waals surface area contributed by atoms with Crippen LogP contribution in [0.5, 0.6) is 0 Å². The van der Waals surface area contributed by atoms with Crippen molar-refractivity contribution >= 4 is 41.1 Å². The number of aryl methyl sites for hydroxylation is 1. The van der Waals surface area contributed by atoms with Gasteiger partial charge >= 0.3 is 6.09 Å². The van der Waals surface area contributed by atoms with Crippen molar-refractivity contribution in [2.75, 3.05) is 31.3 Å². The lowest BCUT2D eigenvalue weighted by molar-refractivity contribution is -0.118. The van der Waals surface area contributed by atoms with E-state index < -0.39 is 18.1 Å². The third-order valence-corrected chi connectivity index (χ3v) is 9.22. The van der Waals surface area contributed by atoms with Gasteiger partial charge in [0.25, 0.3) is 0 Å². The molecule has 0 unspecified atom stereocenters. The van der Waals surface area contributed by atoms with Crippen LogP contribution in [-0.2, 0) is 20.7 Å². The number of methoxy groups -OCH3 is 1. The van der Waals surface area contributed by atoms with E-state index in [4.69, 9.17) is 21.1 Å². The Labute approximate surface area is 273 Å². The van der Waals surface area contributed by atoms with Gasteiger partial charge in [0.15, 0.2) is 0 Å². The number of anilines is 1. The monoisotopic (exact) mass is 644 g/mol. The lowest BCUT2D eigenvalue weighted by Gasteiger charge is -2.31. The predicted molar refractivity (Wildman–Crippen MR) is 179 cm³/mol. The lowest BCUT2D eigenvalue weighted by atomic mass is 9.84. The van der Waals surface area contributed by atoms with Gasteiger partial charge in [-0.3, -0.25) is 4.79 Å². The van der Waals surface area contributed by atoms with Crippen LogP contribution >= 0.6 is 23.4 Å². The van der Waals surface area contributed by atoms with Gasteiger partial charge in [-0.1, -0.05) is 90.5 Å². The van der Waals surface area contributed by atoms with Crippen LogP contribution in [-0.4, -0.2) is 61.2 Å². The molecule has 0 saturated carbocycles. The van der Waals surface area contributed by atoms with Gasteiger partial charge < -0.3 is 25.4 Å². The number of hydrogen-bond acceptors (Lipinski definition) is 7. The molecule has 3 atom stereocenters. The van der Waals surface area contributed by atoms with Crippen LogP contribution in [0.4, 0.5) is 10.5 Å². The molecule has 1 aliphatic heterocycles. The number of carbonyl (C=O) groups excluding carboxylic acids is 2. The zero-order valence-corrected chi connectivity index (χ0v) is 26.6. The highest BCUT2D eigenvalue weighted by Crippen LogP contribution is 2.30. The Bertz CT molecular complexity index is 1510. The molecule has 2 heterocycles. The molecule has 1 saturated heterocycles. The van der Waals surface area contributed by atoms with Gasteiger partial charge in [-0.25, -0.2) is 9.78 Å². The molecule has 8 nitrogen and oxygen atoms in total. The number of halogens is 1. The molecule has 0 aliphatic carbocycles. The highest BCUT2D eigenvalue weighted by atomic mass is 35.5. The Morgan fingerprint density at radius 2 is 1.62 bits per heavy atom. The Balaban J connectivity index is 1.28. The van der Waals surface area contributed by atoms with Gasteiger partial charge in [0.05, 0.1) is 24.3 Å². The fourth-order valence-corrected chi connectivity index (χ4v) is 6.63. The fraction of sp³-hybridized carbons (Fsp3) is 0.286. The number of carbonyl (C=O) groups is 2. The van der Waals surface area contributed by atoms with Crippen LogP contribution in [0.25, 0.3) is 0 Å². The second-order valence-corrected chi connectivity index (χ2v) is 12.2. The van der Waals surface area contributed by atoms with Crippen molar-refractivity contribution < 1.29 is 19.1 Å². The smallest absolute Gasteiger partial charge is 0.407 e. The molecule has 10 heteroatoms. The van der Waals surface area contributed by atoms with Gasteiger partial charge in [-0.2, -0.15) is 0 Å². The van der Waals surface area contributed by atoms with Crippen molar-refractivity contribution in [1.82, 2.24) is 15.6 Å². The van der Waals surface area contributed by atoms with Crippen LogP contribution < -0.4 is 16.0 Å². The summed E-state index contributed by atoms with van der Waals surface area (Å²) < 4.78 is 11.3. The molecule has 0 spiro atoms. The summed E-state index contributed by atoms with van der Waals surface area (Å²) in [5.41, 5.74) is 3.47. The average molecular weight is 645 g/mol. The van der Waals surface area contributed by atoms with Crippen LogP contribution in [0.15, 0.2) is 108 Å². The fourth-order valence-electron chi connectivity index (χ4n) is 5.46. The van der Waals surface area contributed by atoms with Crippen molar-refractivity contribution in [3.8, 4) is 0 Å². The average Bonchev–Trinajstić information content (AvgIpc) is 3.08. The number of hydrogen-bond donors (Lipinski definition) is 3. The van der Waals surface area contributed by atoms with E-state index >= 15 is 0 Å². The largest absolute Gasteiger partial charge is 0.453 e. The van der Waals surface area contributed by atoms with Crippen molar-refractivity contribution in [1.29, 1.82) is 0 Å². The summed E-state index contributed by atoms with van der Waals surface area (Å²) in [7, 11) is 1.29. The Morgan fingerprint density at radius 1 is 0.956 bits per heavy atom. The number of morpholine rings is 1.